The van der Waals surface area contributed by atoms with Gasteiger partial charge in [-0.15, -0.1) is 0 Å². The number of hydrogen-bond acceptors (Lipinski definition) is 3. The average molecular weight is 165 g/mol. The van der Waals surface area contributed by atoms with Crippen LogP contribution in [0, 0.1) is 0 Å². The first kappa shape index (κ1) is 10.0. The summed E-state index contributed by atoms with van der Waals surface area (Å²) in [4.78, 5) is 0. The Labute approximate surface area is 62.7 Å². The van der Waals surface area contributed by atoms with Crippen LogP contribution in [0.25, 0.3) is 0 Å². The van der Waals surface area contributed by atoms with Crippen molar-refractivity contribution in [1.29, 1.82) is 0 Å². The van der Waals surface area contributed by atoms with E-state index in [0.29, 0.717) is 13.2 Å². The van der Waals surface area contributed by atoms with E-state index in [4.69, 9.17) is 9.05 Å². The Morgan fingerprint density at radius 1 is 1.10 bits per heavy atom. The van der Waals surface area contributed by atoms with Crippen molar-refractivity contribution in [2.75, 3.05) is 13.2 Å². The van der Waals surface area contributed by atoms with Gasteiger partial charge in [0.25, 0.3) is 0 Å². The van der Waals surface area contributed by atoms with Gasteiger partial charge in [-0.05, 0) is 12.8 Å². The second-order valence-electron chi connectivity index (χ2n) is 1.89. The molecule has 1 radical (unpaired) electrons. The molecule has 0 unspecified atom stereocenters. The maximum Gasteiger partial charge on any atom is 0.368 e. The zero-order valence-electron chi connectivity index (χ0n) is 6.50. The summed E-state index contributed by atoms with van der Waals surface area (Å²) < 4.78 is 20.2. The van der Waals surface area contributed by atoms with E-state index in [-0.39, 0.29) is 0 Å². The van der Waals surface area contributed by atoms with E-state index in [1.807, 2.05) is 13.8 Å². The van der Waals surface area contributed by atoms with Crippen LogP contribution in [-0.4, -0.2) is 13.2 Å². The quantitative estimate of drug-likeness (QED) is 0.567. The molecule has 3 nitrogen and oxygen atoms in total. The van der Waals surface area contributed by atoms with Crippen LogP contribution in [0.1, 0.15) is 26.7 Å². The fourth-order valence-electron chi connectivity index (χ4n) is 0.369. The molecule has 0 aromatic heterocycles. The molecule has 61 valence electrons. The van der Waals surface area contributed by atoms with Gasteiger partial charge < -0.3 is 0 Å². The van der Waals surface area contributed by atoms with Gasteiger partial charge in [0, 0.05) is 0 Å². The van der Waals surface area contributed by atoms with E-state index in [0.717, 1.165) is 12.8 Å². The fourth-order valence-corrected chi connectivity index (χ4v) is 1.11. The molecule has 0 bridgehead atoms. The molecule has 0 N–H and O–H groups in total. The minimum absolute atomic E-state index is 0.513. The summed E-state index contributed by atoms with van der Waals surface area (Å²) in [6.45, 7) is 4.95. The summed E-state index contributed by atoms with van der Waals surface area (Å²) >= 11 is 0. The van der Waals surface area contributed by atoms with Gasteiger partial charge in [0.2, 0.25) is 0 Å². The normalized spacial score (nSPS) is 9.80. The van der Waals surface area contributed by atoms with Crippen molar-refractivity contribution in [3.63, 3.8) is 0 Å². The summed E-state index contributed by atoms with van der Waals surface area (Å²) in [7, 11) is -1.84. The lowest BCUT2D eigenvalue weighted by atomic mass is 10.5. The van der Waals surface area contributed by atoms with Crippen molar-refractivity contribution in [3.8, 4) is 0 Å². The van der Waals surface area contributed by atoms with Gasteiger partial charge >= 0.3 is 8.25 Å². The Morgan fingerprint density at radius 3 is 1.80 bits per heavy atom. The van der Waals surface area contributed by atoms with Crippen molar-refractivity contribution < 1.29 is 13.6 Å². The Balaban J connectivity index is 3.09. The largest absolute Gasteiger partial charge is 0.368 e. The summed E-state index contributed by atoms with van der Waals surface area (Å²) in [6.07, 6.45) is 1.74. The third-order valence-corrected chi connectivity index (χ3v) is 1.59. The van der Waals surface area contributed by atoms with Crippen molar-refractivity contribution >= 4 is 8.25 Å². The van der Waals surface area contributed by atoms with Gasteiger partial charge in [-0.1, -0.05) is 13.8 Å². The standard InChI is InChI=1S/C6H14O3P/c1-3-5-8-10(7)9-6-4-2/h3-6H2,1-2H3. The lowest BCUT2D eigenvalue weighted by molar-refractivity contribution is 0.226. The van der Waals surface area contributed by atoms with E-state index in [2.05, 4.69) is 0 Å². The molecule has 0 aliphatic rings. The van der Waals surface area contributed by atoms with Gasteiger partial charge in [0.15, 0.2) is 0 Å². The topological polar surface area (TPSA) is 35.5 Å². The molecule has 0 atom stereocenters. The minimum atomic E-state index is -1.84. The van der Waals surface area contributed by atoms with E-state index >= 15 is 0 Å². The summed E-state index contributed by atoms with van der Waals surface area (Å²) in [5.41, 5.74) is 0. The number of rotatable bonds is 6. The van der Waals surface area contributed by atoms with Crippen LogP contribution in [0.2, 0.25) is 0 Å². The monoisotopic (exact) mass is 165 g/mol. The molecule has 0 aromatic rings. The van der Waals surface area contributed by atoms with E-state index in [9.17, 15) is 4.57 Å². The molecule has 4 heteroatoms. The van der Waals surface area contributed by atoms with Crippen LogP contribution in [0.5, 0.6) is 0 Å². The molecular formula is C6H14O3P. The zero-order chi connectivity index (χ0) is 7.82. The highest BCUT2D eigenvalue weighted by atomic mass is 31.1. The Morgan fingerprint density at radius 2 is 1.50 bits per heavy atom. The molecular weight excluding hydrogens is 151 g/mol. The third kappa shape index (κ3) is 6.14. The van der Waals surface area contributed by atoms with Crippen molar-refractivity contribution in [1.82, 2.24) is 0 Å². The van der Waals surface area contributed by atoms with Gasteiger partial charge in [-0.2, -0.15) is 0 Å². The SMILES string of the molecule is CCCO[P](=O)OCCC. The second-order valence-corrected chi connectivity index (χ2v) is 2.85. The minimum Gasteiger partial charge on any atom is -0.283 e. The van der Waals surface area contributed by atoms with Crippen LogP contribution in [-0.2, 0) is 13.6 Å². The Kier molecular flexibility index (Phi) is 7.15. The molecule has 0 saturated heterocycles. The van der Waals surface area contributed by atoms with Crippen LogP contribution in [0.15, 0.2) is 0 Å². The predicted octanol–water partition coefficient (Wildman–Crippen LogP) is 2.50. The zero-order valence-corrected chi connectivity index (χ0v) is 7.39. The van der Waals surface area contributed by atoms with Crippen LogP contribution < -0.4 is 0 Å². The lowest BCUT2D eigenvalue weighted by Crippen LogP contribution is -1.87. The van der Waals surface area contributed by atoms with Gasteiger partial charge in [-0.25, -0.2) is 4.57 Å². The maximum absolute atomic E-state index is 10.7. The van der Waals surface area contributed by atoms with Crippen molar-refractivity contribution in [3.05, 3.63) is 0 Å². The predicted molar refractivity (Wildman–Crippen MR) is 40.1 cm³/mol. The molecule has 0 aliphatic carbocycles. The molecule has 0 spiro atoms. The first-order valence-corrected chi connectivity index (χ1v) is 4.63. The molecule has 0 saturated carbocycles. The Bertz CT molecular complexity index is 85.0. The second kappa shape index (κ2) is 7.13. The summed E-state index contributed by atoms with van der Waals surface area (Å²) in [6, 6.07) is 0. The molecule has 10 heavy (non-hydrogen) atoms. The highest BCUT2D eigenvalue weighted by molar-refractivity contribution is 7.33. The first-order chi connectivity index (χ1) is 4.81. The molecule has 0 rings (SSSR count). The highest BCUT2D eigenvalue weighted by Crippen LogP contribution is 2.23. The van der Waals surface area contributed by atoms with Gasteiger partial charge in [0.05, 0.1) is 13.2 Å². The van der Waals surface area contributed by atoms with E-state index in [1.54, 1.807) is 0 Å². The van der Waals surface area contributed by atoms with Crippen molar-refractivity contribution in [2.24, 2.45) is 0 Å². The molecule has 0 aliphatic heterocycles. The lowest BCUT2D eigenvalue weighted by Gasteiger charge is -1.99. The van der Waals surface area contributed by atoms with E-state index in [1.165, 1.54) is 0 Å². The number of hydrogen-bond donors (Lipinski definition) is 0. The molecule has 0 heterocycles. The van der Waals surface area contributed by atoms with Crippen molar-refractivity contribution in [2.45, 2.75) is 26.7 Å². The molecule has 0 fully saturated rings. The molecule has 0 aromatic carbocycles. The van der Waals surface area contributed by atoms with Crippen LogP contribution >= 0.6 is 8.25 Å². The van der Waals surface area contributed by atoms with Gasteiger partial charge in [-0.3, -0.25) is 9.05 Å². The van der Waals surface area contributed by atoms with Crippen LogP contribution in [0.3, 0.4) is 0 Å². The maximum atomic E-state index is 10.7. The smallest absolute Gasteiger partial charge is 0.283 e. The average Bonchev–Trinajstić information content (AvgIpc) is 1.97. The molecule has 0 amide bonds. The Hall–Kier alpha value is 0.0200. The third-order valence-electron chi connectivity index (χ3n) is 0.802. The first-order valence-electron chi connectivity index (χ1n) is 3.54. The highest BCUT2D eigenvalue weighted by Gasteiger charge is 1.98. The fraction of sp³-hybridized carbons (Fsp3) is 1.00. The summed E-state index contributed by atoms with van der Waals surface area (Å²) in [5, 5.41) is 0. The summed E-state index contributed by atoms with van der Waals surface area (Å²) in [5.74, 6) is 0. The van der Waals surface area contributed by atoms with E-state index < -0.39 is 8.25 Å². The van der Waals surface area contributed by atoms with Crippen LogP contribution in [0.4, 0.5) is 0 Å². The van der Waals surface area contributed by atoms with Gasteiger partial charge in [0.1, 0.15) is 0 Å².